The third-order valence-electron chi connectivity index (χ3n) is 3.23. The van der Waals surface area contributed by atoms with Gasteiger partial charge in [0.1, 0.15) is 0 Å². The Morgan fingerprint density at radius 3 is 2.53 bits per heavy atom. The van der Waals surface area contributed by atoms with Gasteiger partial charge < -0.3 is 5.32 Å². The van der Waals surface area contributed by atoms with Crippen molar-refractivity contribution in [2.45, 2.75) is 36.3 Å². The number of nitrogens with one attached hydrogen (secondary N) is 1. The normalized spacial score (nSPS) is 18.2. The molecular formula is C13H18NO2S. The van der Waals surface area contributed by atoms with Gasteiger partial charge in [0.05, 0.1) is 10.1 Å². The molecule has 1 aliphatic rings. The van der Waals surface area contributed by atoms with E-state index in [0.29, 0.717) is 17.7 Å². The van der Waals surface area contributed by atoms with Crippen LogP contribution in [0.1, 0.15) is 25.3 Å². The predicted octanol–water partition coefficient (Wildman–Crippen LogP) is 1.94. The van der Waals surface area contributed by atoms with Crippen molar-refractivity contribution in [1.29, 1.82) is 0 Å². The van der Waals surface area contributed by atoms with Crippen molar-refractivity contribution in [2.24, 2.45) is 0 Å². The number of sulfone groups is 1. The lowest BCUT2D eigenvalue weighted by atomic mass is 10.2. The first-order chi connectivity index (χ1) is 8.14. The number of hydrogen-bond acceptors (Lipinski definition) is 3. The number of aryl methyl sites for hydroxylation is 1. The third-order valence-corrected chi connectivity index (χ3v) is 5.47. The van der Waals surface area contributed by atoms with Crippen LogP contribution >= 0.6 is 0 Å². The summed E-state index contributed by atoms with van der Waals surface area (Å²) < 4.78 is 24.7. The van der Waals surface area contributed by atoms with Gasteiger partial charge in [0.25, 0.3) is 0 Å². The fraction of sp³-hybridized carbons (Fsp3) is 0.462. The number of piperidine rings is 1. The first-order valence-corrected chi connectivity index (χ1v) is 7.57. The average molecular weight is 252 g/mol. The SMILES string of the molecule is CCc1ccc(S(=O)(=O)C2C[CH]NCC2)cc1. The van der Waals surface area contributed by atoms with E-state index in [0.717, 1.165) is 13.0 Å². The van der Waals surface area contributed by atoms with Crippen LogP contribution in [-0.4, -0.2) is 20.2 Å². The Labute approximate surface area is 103 Å². The first-order valence-electron chi connectivity index (χ1n) is 6.02. The molecule has 1 radical (unpaired) electrons. The van der Waals surface area contributed by atoms with E-state index in [-0.39, 0.29) is 5.25 Å². The van der Waals surface area contributed by atoms with Gasteiger partial charge in [-0.05, 0) is 43.5 Å². The summed E-state index contributed by atoms with van der Waals surface area (Å²) in [6.07, 6.45) is 2.22. The highest BCUT2D eigenvalue weighted by Gasteiger charge is 2.28. The largest absolute Gasteiger partial charge is 0.312 e. The van der Waals surface area contributed by atoms with Crippen molar-refractivity contribution >= 4 is 9.84 Å². The molecule has 0 bridgehead atoms. The number of hydrogen-bond donors (Lipinski definition) is 1. The van der Waals surface area contributed by atoms with Gasteiger partial charge in [0, 0.05) is 6.54 Å². The van der Waals surface area contributed by atoms with E-state index in [2.05, 4.69) is 12.2 Å². The van der Waals surface area contributed by atoms with Gasteiger partial charge in [-0.3, -0.25) is 0 Å². The zero-order valence-corrected chi connectivity index (χ0v) is 10.8. The Bertz CT molecular complexity index is 459. The van der Waals surface area contributed by atoms with Crippen molar-refractivity contribution in [2.75, 3.05) is 6.54 Å². The lowest BCUT2D eigenvalue weighted by Crippen LogP contribution is -2.32. The molecule has 0 aliphatic carbocycles. The quantitative estimate of drug-likeness (QED) is 0.894. The zero-order chi connectivity index (χ0) is 12.3. The van der Waals surface area contributed by atoms with Gasteiger partial charge in [-0.25, -0.2) is 8.42 Å². The fourth-order valence-corrected chi connectivity index (χ4v) is 3.75. The van der Waals surface area contributed by atoms with E-state index < -0.39 is 9.84 Å². The van der Waals surface area contributed by atoms with Crippen LogP contribution in [0.3, 0.4) is 0 Å². The van der Waals surface area contributed by atoms with Crippen LogP contribution in [0.2, 0.25) is 0 Å². The van der Waals surface area contributed by atoms with Crippen molar-refractivity contribution < 1.29 is 8.42 Å². The fourth-order valence-electron chi connectivity index (χ4n) is 2.07. The standard InChI is InChI=1S/C13H18NO2S/c1-2-11-3-5-12(6-4-11)17(15,16)13-7-9-14-10-8-13/h3-6,9,13-14H,2,7-8,10H2,1H3. The molecule has 1 fully saturated rings. The minimum Gasteiger partial charge on any atom is -0.312 e. The van der Waals surface area contributed by atoms with Crippen LogP contribution in [-0.2, 0) is 16.3 Å². The Kier molecular flexibility index (Phi) is 3.84. The highest BCUT2D eigenvalue weighted by Crippen LogP contribution is 2.23. The molecule has 1 N–H and O–H groups in total. The van der Waals surface area contributed by atoms with Gasteiger partial charge in [0.2, 0.25) is 0 Å². The molecule has 1 heterocycles. The molecule has 3 nitrogen and oxygen atoms in total. The van der Waals surface area contributed by atoms with Crippen LogP contribution in [0.25, 0.3) is 0 Å². The molecule has 2 rings (SSSR count). The van der Waals surface area contributed by atoms with E-state index >= 15 is 0 Å². The monoisotopic (exact) mass is 252 g/mol. The molecule has 93 valence electrons. The lowest BCUT2D eigenvalue weighted by Gasteiger charge is -2.22. The van der Waals surface area contributed by atoms with E-state index in [9.17, 15) is 8.42 Å². The average Bonchev–Trinajstić information content (AvgIpc) is 2.40. The van der Waals surface area contributed by atoms with Crippen LogP contribution in [0.15, 0.2) is 29.2 Å². The van der Waals surface area contributed by atoms with Crippen LogP contribution in [0.4, 0.5) is 0 Å². The molecule has 17 heavy (non-hydrogen) atoms. The molecule has 0 aromatic heterocycles. The molecule has 0 spiro atoms. The molecule has 1 saturated heterocycles. The van der Waals surface area contributed by atoms with E-state index in [1.807, 2.05) is 18.7 Å². The van der Waals surface area contributed by atoms with Crippen LogP contribution < -0.4 is 5.32 Å². The van der Waals surface area contributed by atoms with Crippen molar-refractivity contribution in [3.8, 4) is 0 Å². The summed E-state index contributed by atoms with van der Waals surface area (Å²) >= 11 is 0. The molecule has 1 unspecified atom stereocenters. The summed E-state index contributed by atoms with van der Waals surface area (Å²) in [5.41, 5.74) is 1.17. The Morgan fingerprint density at radius 1 is 1.29 bits per heavy atom. The summed E-state index contributed by atoms with van der Waals surface area (Å²) in [5.74, 6) is 0. The molecule has 4 heteroatoms. The van der Waals surface area contributed by atoms with Crippen molar-refractivity contribution in [3.63, 3.8) is 0 Å². The predicted molar refractivity (Wildman–Crippen MR) is 68.3 cm³/mol. The molecule has 1 atom stereocenters. The van der Waals surface area contributed by atoms with Crippen molar-refractivity contribution in [1.82, 2.24) is 5.32 Å². The maximum Gasteiger partial charge on any atom is 0.181 e. The first kappa shape index (κ1) is 12.6. The van der Waals surface area contributed by atoms with Crippen LogP contribution in [0, 0.1) is 6.54 Å². The highest BCUT2D eigenvalue weighted by molar-refractivity contribution is 7.92. The van der Waals surface area contributed by atoms with Gasteiger partial charge in [0.15, 0.2) is 9.84 Å². The van der Waals surface area contributed by atoms with E-state index in [1.165, 1.54) is 5.56 Å². The second-order valence-corrected chi connectivity index (χ2v) is 6.58. The highest BCUT2D eigenvalue weighted by atomic mass is 32.2. The zero-order valence-electron chi connectivity index (χ0n) is 10.0. The minimum atomic E-state index is -3.16. The van der Waals surface area contributed by atoms with Crippen molar-refractivity contribution in [3.05, 3.63) is 36.4 Å². The van der Waals surface area contributed by atoms with Gasteiger partial charge in [-0.15, -0.1) is 0 Å². The maximum absolute atomic E-state index is 12.3. The smallest absolute Gasteiger partial charge is 0.181 e. The second-order valence-electron chi connectivity index (χ2n) is 4.35. The number of rotatable bonds is 3. The van der Waals surface area contributed by atoms with Gasteiger partial charge in [-0.2, -0.15) is 0 Å². The summed E-state index contributed by atoms with van der Waals surface area (Å²) in [6.45, 7) is 4.66. The molecule has 0 saturated carbocycles. The minimum absolute atomic E-state index is 0.267. The van der Waals surface area contributed by atoms with Gasteiger partial charge >= 0.3 is 0 Å². The summed E-state index contributed by atoms with van der Waals surface area (Å²) in [4.78, 5) is 0.454. The molecule has 1 aromatic rings. The molecule has 1 aliphatic heterocycles. The Balaban J connectivity index is 2.23. The molecular weight excluding hydrogens is 234 g/mol. The third kappa shape index (κ3) is 2.69. The van der Waals surface area contributed by atoms with Gasteiger partial charge in [-0.1, -0.05) is 19.1 Å². The number of benzene rings is 1. The van der Waals surface area contributed by atoms with Crippen LogP contribution in [0.5, 0.6) is 0 Å². The summed E-state index contributed by atoms with van der Waals surface area (Å²) in [6, 6.07) is 7.27. The Morgan fingerprint density at radius 2 is 2.00 bits per heavy atom. The Hall–Kier alpha value is -0.870. The second kappa shape index (κ2) is 5.19. The summed E-state index contributed by atoms with van der Waals surface area (Å²) in [7, 11) is -3.16. The topological polar surface area (TPSA) is 46.2 Å². The maximum atomic E-state index is 12.3. The van der Waals surface area contributed by atoms with E-state index in [1.54, 1.807) is 12.1 Å². The molecule has 0 amide bonds. The lowest BCUT2D eigenvalue weighted by molar-refractivity contribution is 0.532. The molecule has 1 aromatic carbocycles. The van der Waals surface area contributed by atoms with E-state index in [4.69, 9.17) is 0 Å². The summed E-state index contributed by atoms with van der Waals surface area (Å²) in [5, 5.41) is 2.80.